The highest BCUT2D eigenvalue weighted by Gasteiger charge is 2.24. The second-order valence-electron chi connectivity index (χ2n) is 7.15. The van der Waals surface area contributed by atoms with E-state index < -0.39 is 5.97 Å². The summed E-state index contributed by atoms with van der Waals surface area (Å²) in [6, 6.07) is 8.04. The molecule has 6 heteroatoms. The topological polar surface area (TPSA) is 64.1 Å². The van der Waals surface area contributed by atoms with E-state index in [0.29, 0.717) is 6.54 Å². The molecular formula is C20H31N3O3. The average Bonchev–Trinajstić information content (AvgIpc) is 2.87. The molecule has 1 atom stereocenters. The number of carboxylic acids is 1. The normalized spacial score (nSPS) is 17.8. The Balaban J connectivity index is 1.96. The van der Waals surface area contributed by atoms with Crippen molar-refractivity contribution >= 4 is 17.6 Å². The molecule has 26 heavy (non-hydrogen) atoms. The molecule has 1 N–H and O–H groups in total. The van der Waals surface area contributed by atoms with Gasteiger partial charge in [0.15, 0.2) is 0 Å². The Morgan fingerprint density at radius 2 is 1.85 bits per heavy atom. The molecule has 0 bridgehead atoms. The summed E-state index contributed by atoms with van der Waals surface area (Å²) < 4.78 is 0. The van der Waals surface area contributed by atoms with Crippen molar-refractivity contribution in [1.82, 2.24) is 9.80 Å². The Labute approximate surface area is 156 Å². The van der Waals surface area contributed by atoms with E-state index in [4.69, 9.17) is 5.11 Å². The summed E-state index contributed by atoms with van der Waals surface area (Å²) in [5, 5.41) is 8.96. The molecule has 1 saturated heterocycles. The molecule has 6 nitrogen and oxygen atoms in total. The fourth-order valence-corrected chi connectivity index (χ4v) is 3.57. The van der Waals surface area contributed by atoms with Crippen LogP contribution in [0.3, 0.4) is 0 Å². The molecule has 0 saturated carbocycles. The predicted octanol–water partition coefficient (Wildman–Crippen LogP) is 2.54. The third-order valence-corrected chi connectivity index (χ3v) is 5.11. The van der Waals surface area contributed by atoms with Crippen LogP contribution in [0, 0.1) is 0 Å². The van der Waals surface area contributed by atoms with Crippen LogP contribution in [0.25, 0.3) is 0 Å². The van der Waals surface area contributed by atoms with Gasteiger partial charge in [-0.15, -0.1) is 0 Å². The molecule has 0 spiro atoms. The second kappa shape index (κ2) is 9.57. The quantitative estimate of drug-likeness (QED) is 0.809. The standard InChI is InChI=1S/C20H31N3O3/c1-4-12-21(2)18-9-7-16(8-10-18)20(26)23-13-5-6-17(11-14-23)22(3)15-19(24)25/h7-10,17H,4-6,11-15H2,1-3H3,(H,24,25). The molecule has 0 aromatic heterocycles. The maximum absolute atomic E-state index is 12.8. The molecule has 1 amide bonds. The minimum atomic E-state index is -0.808. The lowest BCUT2D eigenvalue weighted by atomic mass is 10.1. The van der Waals surface area contributed by atoms with Crippen LogP contribution in [0.5, 0.6) is 0 Å². The zero-order valence-electron chi connectivity index (χ0n) is 16.1. The van der Waals surface area contributed by atoms with Gasteiger partial charge in [-0.05, 0) is 57.0 Å². The number of nitrogens with zero attached hydrogens (tertiary/aromatic N) is 3. The van der Waals surface area contributed by atoms with Gasteiger partial charge in [0, 0.05) is 44.0 Å². The van der Waals surface area contributed by atoms with Crippen LogP contribution in [-0.2, 0) is 4.79 Å². The molecule has 1 unspecified atom stereocenters. The maximum atomic E-state index is 12.8. The van der Waals surface area contributed by atoms with Crippen LogP contribution in [0.2, 0.25) is 0 Å². The van der Waals surface area contributed by atoms with E-state index in [9.17, 15) is 9.59 Å². The minimum absolute atomic E-state index is 0.0470. The fourth-order valence-electron chi connectivity index (χ4n) is 3.57. The van der Waals surface area contributed by atoms with Crippen molar-refractivity contribution in [1.29, 1.82) is 0 Å². The van der Waals surface area contributed by atoms with E-state index >= 15 is 0 Å². The number of carbonyl (C=O) groups is 2. The number of carboxylic acid groups (broad SMARTS) is 1. The molecule has 0 radical (unpaired) electrons. The number of anilines is 1. The van der Waals surface area contributed by atoms with Crippen LogP contribution in [-0.4, -0.2) is 73.1 Å². The summed E-state index contributed by atoms with van der Waals surface area (Å²) in [5.74, 6) is -0.742. The summed E-state index contributed by atoms with van der Waals surface area (Å²) in [4.78, 5) is 29.7. The smallest absolute Gasteiger partial charge is 0.317 e. The summed E-state index contributed by atoms with van der Waals surface area (Å²) in [7, 11) is 3.91. The first-order valence-corrected chi connectivity index (χ1v) is 9.45. The number of hydrogen-bond acceptors (Lipinski definition) is 4. The molecule has 1 fully saturated rings. The predicted molar refractivity (Wildman–Crippen MR) is 104 cm³/mol. The van der Waals surface area contributed by atoms with Crippen molar-refractivity contribution in [2.24, 2.45) is 0 Å². The Morgan fingerprint density at radius 1 is 1.15 bits per heavy atom. The first kappa shape index (κ1) is 20.2. The van der Waals surface area contributed by atoms with Crippen molar-refractivity contribution in [2.45, 2.75) is 38.6 Å². The highest BCUT2D eigenvalue weighted by molar-refractivity contribution is 5.94. The number of amides is 1. The van der Waals surface area contributed by atoms with Crippen LogP contribution in [0.15, 0.2) is 24.3 Å². The summed E-state index contributed by atoms with van der Waals surface area (Å²) in [6.45, 7) is 4.59. The SMILES string of the molecule is CCCN(C)c1ccc(C(=O)N2CCCC(N(C)CC(=O)O)CC2)cc1. The maximum Gasteiger partial charge on any atom is 0.317 e. The van der Waals surface area contributed by atoms with E-state index in [1.54, 1.807) is 0 Å². The number of benzene rings is 1. The summed E-state index contributed by atoms with van der Waals surface area (Å²) in [5.41, 5.74) is 1.84. The summed E-state index contributed by atoms with van der Waals surface area (Å²) in [6.07, 6.45) is 3.72. The number of aliphatic carboxylic acids is 1. The lowest BCUT2D eigenvalue weighted by Crippen LogP contribution is -2.37. The van der Waals surface area contributed by atoms with Gasteiger partial charge < -0.3 is 14.9 Å². The first-order chi connectivity index (χ1) is 12.4. The van der Waals surface area contributed by atoms with Crippen LogP contribution in [0.1, 0.15) is 43.0 Å². The van der Waals surface area contributed by atoms with Crippen molar-refractivity contribution < 1.29 is 14.7 Å². The van der Waals surface area contributed by atoms with Gasteiger partial charge in [-0.3, -0.25) is 14.5 Å². The van der Waals surface area contributed by atoms with Gasteiger partial charge >= 0.3 is 5.97 Å². The van der Waals surface area contributed by atoms with Crippen LogP contribution >= 0.6 is 0 Å². The van der Waals surface area contributed by atoms with Gasteiger partial charge in [0.05, 0.1) is 6.54 Å². The largest absolute Gasteiger partial charge is 0.480 e. The summed E-state index contributed by atoms with van der Waals surface area (Å²) >= 11 is 0. The highest BCUT2D eigenvalue weighted by atomic mass is 16.4. The van der Waals surface area contributed by atoms with Gasteiger partial charge in [-0.1, -0.05) is 6.92 Å². The van der Waals surface area contributed by atoms with Gasteiger partial charge in [-0.25, -0.2) is 0 Å². The monoisotopic (exact) mass is 361 g/mol. The molecule has 1 aromatic carbocycles. The molecule has 1 aromatic rings. The Bertz CT molecular complexity index is 603. The molecule has 2 rings (SSSR count). The van der Waals surface area contributed by atoms with E-state index in [1.807, 2.05) is 41.1 Å². The number of likely N-dealkylation sites (tertiary alicyclic amines) is 1. The average molecular weight is 361 g/mol. The second-order valence-corrected chi connectivity index (χ2v) is 7.15. The van der Waals surface area contributed by atoms with E-state index in [1.165, 1.54) is 0 Å². The van der Waals surface area contributed by atoms with Gasteiger partial charge in [0.25, 0.3) is 5.91 Å². The molecule has 1 aliphatic heterocycles. The number of likely N-dealkylation sites (N-methyl/N-ethyl adjacent to an activating group) is 1. The van der Waals surface area contributed by atoms with Crippen molar-refractivity contribution in [2.75, 3.05) is 45.2 Å². The minimum Gasteiger partial charge on any atom is -0.480 e. The lowest BCUT2D eigenvalue weighted by molar-refractivity contribution is -0.138. The fraction of sp³-hybridized carbons (Fsp3) is 0.600. The highest BCUT2D eigenvalue weighted by Crippen LogP contribution is 2.19. The van der Waals surface area contributed by atoms with Crippen LogP contribution < -0.4 is 4.90 Å². The van der Waals surface area contributed by atoms with Crippen molar-refractivity contribution in [3.05, 3.63) is 29.8 Å². The van der Waals surface area contributed by atoms with Crippen molar-refractivity contribution in [3.8, 4) is 0 Å². The molecule has 1 heterocycles. The van der Waals surface area contributed by atoms with Gasteiger partial charge in [0.1, 0.15) is 0 Å². The zero-order valence-corrected chi connectivity index (χ0v) is 16.1. The Kier molecular flexibility index (Phi) is 7.45. The van der Waals surface area contributed by atoms with Gasteiger partial charge in [0.2, 0.25) is 0 Å². The molecule has 0 aliphatic carbocycles. The van der Waals surface area contributed by atoms with Crippen molar-refractivity contribution in [3.63, 3.8) is 0 Å². The van der Waals surface area contributed by atoms with E-state index in [-0.39, 0.29) is 18.5 Å². The van der Waals surface area contributed by atoms with Crippen LogP contribution in [0.4, 0.5) is 5.69 Å². The van der Waals surface area contributed by atoms with E-state index in [0.717, 1.165) is 50.0 Å². The zero-order chi connectivity index (χ0) is 19.1. The van der Waals surface area contributed by atoms with E-state index in [2.05, 4.69) is 18.9 Å². The Hall–Kier alpha value is -2.08. The third-order valence-electron chi connectivity index (χ3n) is 5.11. The molecule has 1 aliphatic rings. The Morgan fingerprint density at radius 3 is 2.46 bits per heavy atom. The van der Waals surface area contributed by atoms with Gasteiger partial charge in [-0.2, -0.15) is 0 Å². The number of rotatable bonds is 7. The number of carbonyl (C=O) groups excluding carboxylic acids is 1. The lowest BCUT2D eigenvalue weighted by Gasteiger charge is -2.25. The third kappa shape index (κ3) is 5.46. The first-order valence-electron chi connectivity index (χ1n) is 9.45. The molecular weight excluding hydrogens is 330 g/mol. The molecule has 144 valence electrons. The number of hydrogen-bond donors (Lipinski definition) is 1.